The molecule has 1 aliphatic rings. The van der Waals surface area contributed by atoms with E-state index in [0.717, 1.165) is 31.0 Å². The van der Waals surface area contributed by atoms with Crippen LogP contribution in [0.4, 0.5) is 17.1 Å². The molecule has 8 heteroatoms. The Bertz CT molecular complexity index is 669. The highest BCUT2D eigenvalue weighted by atomic mass is 16.6. The second kappa shape index (κ2) is 6.31. The molecule has 0 bridgehead atoms. The van der Waals surface area contributed by atoms with Crippen LogP contribution in [0.2, 0.25) is 0 Å². The minimum absolute atomic E-state index is 0.152. The molecule has 0 amide bonds. The predicted octanol–water partition coefficient (Wildman–Crippen LogP) is 4.12. The van der Waals surface area contributed by atoms with Gasteiger partial charge in [0.05, 0.1) is 15.9 Å². The van der Waals surface area contributed by atoms with E-state index in [4.69, 9.17) is 0 Å². The molecule has 1 N–H and O–H groups in total. The van der Waals surface area contributed by atoms with Crippen LogP contribution in [-0.4, -0.2) is 15.6 Å². The second-order valence-corrected chi connectivity index (χ2v) is 6.86. The van der Waals surface area contributed by atoms with Gasteiger partial charge in [-0.1, -0.05) is 20.8 Å². The third kappa shape index (κ3) is 4.24. The van der Waals surface area contributed by atoms with Gasteiger partial charge >= 0.3 is 5.69 Å². The number of non-ortho nitro benzene ring substituents is 1. The number of rotatable bonds is 4. The summed E-state index contributed by atoms with van der Waals surface area (Å²) in [5.74, 6) is 0.506. The predicted molar refractivity (Wildman–Crippen MR) is 87.6 cm³/mol. The van der Waals surface area contributed by atoms with E-state index in [1.807, 2.05) is 0 Å². The minimum atomic E-state index is -0.659. The molecule has 0 unspecified atom stereocenters. The number of nitrogens with zero attached hydrogens (tertiary/aromatic N) is 3. The quantitative estimate of drug-likeness (QED) is 0.662. The van der Waals surface area contributed by atoms with E-state index in [9.17, 15) is 20.2 Å². The lowest BCUT2D eigenvalue weighted by Crippen LogP contribution is -2.28. The van der Waals surface area contributed by atoms with Gasteiger partial charge in [-0.15, -0.1) is 0 Å². The fraction of sp³-hybridized carbons (Fsp3) is 0.533. The van der Waals surface area contributed by atoms with Crippen molar-refractivity contribution in [1.29, 1.82) is 0 Å². The molecule has 2 rings (SSSR count). The van der Waals surface area contributed by atoms with Crippen LogP contribution in [0.5, 0.6) is 0 Å². The summed E-state index contributed by atoms with van der Waals surface area (Å²) in [5.41, 5.74) is 3.31. The van der Waals surface area contributed by atoms with E-state index < -0.39 is 9.85 Å². The van der Waals surface area contributed by atoms with Gasteiger partial charge in [0.2, 0.25) is 0 Å². The Hall–Kier alpha value is -2.51. The van der Waals surface area contributed by atoms with Crippen LogP contribution in [-0.2, 0) is 0 Å². The van der Waals surface area contributed by atoms with Gasteiger partial charge in [0.15, 0.2) is 0 Å². The van der Waals surface area contributed by atoms with Gasteiger partial charge < -0.3 is 0 Å². The highest BCUT2D eigenvalue weighted by Crippen LogP contribution is 2.37. The Balaban J connectivity index is 2.24. The molecule has 1 aliphatic carbocycles. The third-order valence-electron chi connectivity index (χ3n) is 3.89. The summed E-state index contributed by atoms with van der Waals surface area (Å²) in [5, 5.41) is 26.1. The zero-order valence-electron chi connectivity index (χ0n) is 13.4. The molecule has 1 fully saturated rings. The Kier molecular flexibility index (Phi) is 4.63. The molecule has 0 heterocycles. The largest absolute Gasteiger partial charge is 0.301 e. The number of hydrazone groups is 1. The van der Waals surface area contributed by atoms with Crippen LogP contribution in [0.15, 0.2) is 23.3 Å². The van der Waals surface area contributed by atoms with Crippen molar-refractivity contribution in [3.8, 4) is 0 Å². The second-order valence-electron chi connectivity index (χ2n) is 6.86. The van der Waals surface area contributed by atoms with Crippen molar-refractivity contribution >= 4 is 22.8 Å². The molecule has 1 aromatic rings. The van der Waals surface area contributed by atoms with Crippen molar-refractivity contribution in [2.45, 2.75) is 40.0 Å². The Morgan fingerprint density at radius 1 is 1.26 bits per heavy atom. The lowest BCUT2D eigenvalue weighted by molar-refractivity contribution is -0.393. The number of nitro groups is 2. The van der Waals surface area contributed by atoms with Crippen molar-refractivity contribution in [3.05, 3.63) is 38.4 Å². The van der Waals surface area contributed by atoms with Crippen molar-refractivity contribution in [3.63, 3.8) is 0 Å². The van der Waals surface area contributed by atoms with Crippen LogP contribution in [0.25, 0.3) is 0 Å². The van der Waals surface area contributed by atoms with Gasteiger partial charge in [0.1, 0.15) is 5.69 Å². The fourth-order valence-electron chi connectivity index (χ4n) is 3.22. The Labute approximate surface area is 133 Å². The number of anilines is 1. The zero-order valence-corrected chi connectivity index (χ0v) is 13.4. The maximum Gasteiger partial charge on any atom is 0.301 e. The number of nitrogens with one attached hydrogen (secondary N) is 1. The van der Waals surface area contributed by atoms with Crippen molar-refractivity contribution < 1.29 is 9.85 Å². The van der Waals surface area contributed by atoms with Gasteiger partial charge in [0.25, 0.3) is 5.69 Å². The lowest BCUT2D eigenvalue weighted by Gasteiger charge is -2.34. The first-order chi connectivity index (χ1) is 10.7. The van der Waals surface area contributed by atoms with Crippen molar-refractivity contribution in [2.75, 3.05) is 5.43 Å². The van der Waals surface area contributed by atoms with Gasteiger partial charge in [-0.3, -0.25) is 25.7 Å². The highest BCUT2D eigenvalue weighted by molar-refractivity contribution is 5.87. The maximum atomic E-state index is 11.1. The average Bonchev–Trinajstić information content (AvgIpc) is 2.42. The molecule has 124 valence electrons. The van der Waals surface area contributed by atoms with Gasteiger partial charge in [-0.25, -0.2) is 0 Å². The summed E-state index contributed by atoms with van der Waals surface area (Å²) >= 11 is 0. The number of benzene rings is 1. The van der Waals surface area contributed by atoms with E-state index >= 15 is 0 Å². The molecule has 0 saturated heterocycles. The minimum Gasteiger partial charge on any atom is -0.272 e. The monoisotopic (exact) mass is 320 g/mol. The van der Waals surface area contributed by atoms with Gasteiger partial charge in [0, 0.05) is 11.8 Å². The Morgan fingerprint density at radius 2 is 1.96 bits per heavy atom. The molecule has 0 aliphatic heterocycles. The lowest BCUT2D eigenvalue weighted by atomic mass is 9.72. The molecule has 0 aromatic heterocycles. The number of nitro benzene ring substituents is 2. The smallest absolute Gasteiger partial charge is 0.272 e. The molecule has 1 aromatic carbocycles. The molecule has 1 atom stereocenters. The topological polar surface area (TPSA) is 111 Å². The van der Waals surface area contributed by atoms with E-state index in [1.54, 1.807) is 0 Å². The maximum absolute atomic E-state index is 11.1. The van der Waals surface area contributed by atoms with E-state index in [2.05, 4.69) is 31.3 Å². The van der Waals surface area contributed by atoms with E-state index in [0.29, 0.717) is 5.92 Å². The number of hydrogen-bond acceptors (Lipinski definition) is 6. The normalized spacial score (nSPS) is 21.9. The van der Waals surface area contributed by atoms with E-state index in [-0.39, 0.29) is 22.5 Å². The first-order valence-electron chi connectivity index (χ1n) is 7.42. The van der Waals surface area contributed by atoms with E-state index in [1.165, 1.54) is 12.1 Å². The standard InChI is InChI=1S/C15H20N4O4/c1-10-6-11(9-15(2,3)8-10)16-17-13-5-4-12(18(20)21)7-14(13)19(22)23/h4-5,7,10,17H,6,8-9H2,1-3H3/t10-/m0/s1. The molecular formula is C15H20N4O4. The summed E-state index contributed by atoms with van der Waals surface area (Å²) in [6.45, 7) is 6.50. The summed E-state index contributed by atoms with van der Waals surface area (Å²) < 4.78 is 0. The average molecular weight is 320 g/mol. The fourth-order valence-corrected chi connectivity index (χ4v) is 3.22. The summed E-state index contributed by atoms with van der Waals surface area (Å²) in [6.07, 6.45) is 2.78. The molecule has 0 radical (unpaired) electrons. The molecule has 8 nitrogen and oxygen atoms in total. The first kappa shape index (κ1) is 16.9. The van der Waals surface area contributed by atoms with Crippen molar-refractivity contribution in [2.24, 2.45) is 16.4 Å². The van der Waals surface area contributed by atoms with Gasteiger partial charge in [-0.05, 0) is 36.7 Å². The molecule has 1 saturated carbocycles. The number of hydrogen-bond donors (Lipinski definition) is 1. The van der Waals surface area contributed by atoms with Crippen LogP contribution in [0.1, 0.15) is 40.0 Å². The molecule has 23 heavy (non-hydrogen) atoms. The third-order valence-corrected chi connectivity index (χ3v) is 3.89. The summed E-state index contributed by atoms with van der Waals surface area (Å²) in [6, 6.07) is 3.48. The molecule has 0 spiro atoms. The summed E-state index contributed by atoms with van der Waals surface area (Å²) in [7, 11) is 0. The van der Waals surface area contributed by atoms with Crippen LogP contribution in [0, 0.1) is 31.6 Å². The van der Waals surface area contributed by atoms with Crippen LogP contribution >= 0.6 is 0 Å². The van der Waals surface area contributed by atoms with Crippen LogP contribution < -0.4 is 5.43 Å². The summed E-state index contributed by atoms with van der Waals surface area (Å²) in [4.78, 5) is 20.5. The Morgan fingerprint density at radius 3 is 2.52 bits per heavy atom. The molecular weight excluding hydrogens is 300 g/mol. The van der Waals surface area contributed by atoms with Crippen LogP contribution in [0.3, 0.4) is 0 Å². The SMILES string of the molecule is C[C@H]1CC(=NNc2ccc([N+](=O)[O-])cc2[N+](=O)[O-])CC(C)(C)C1. The first-order valence-corrected chi connectivity index (χ1v) is 7.42. The zero-order chi connectivity index (χ0) is 17.2. The van der Waals surface area contributed by atoms with Gasteiger partial charge in [-0.2, -0.15) is 5.10 Å². The highest BCUT2D eigenvalue weighted by Gasteiger charge is 2.29. The van der Waals surface area contributed by atoms with Crippen molar-refractivity contribution in [1.82, 2.24) is 0 Å².